The first-order chi connectivity index (χ1) is 13.8. The maximum absolute atomic E-state index is 12.3. The quantitative estimate of drug-likeness (QED) is 0.482. The molecule has 144 valence electrons. The molecule has 0 atom stereocenters. The van der Waals surface area contributed by atoms with Gasteiger partial charge >= 0.3 is 5.97 Å². The van der Waals surface area contributed by atoms with Crippen LogP contribution in [0.25, 0.3) is 10.9 Å². The molecule has 4 rings (SSSR count). The molecule has 1 saturated heterocycles. The fraction of sp³-hybridized carbons (Fsp3) is 0.333. The highest BCUT2D eigenvalue weighted by Crippen LogP contribution is 2.24. The van der Waals surface area contributed by atoms with Crippen molar-refractivity contribution in [2.24, 2.45) is 5.92 Å². The minimum atomic E-state index is -0.151. The van der Waals surface area contributed by atoms with E-state index in [1.165, 1.54) is 0 Å². The summed E-state index contributed by atoms with van der Waals surface area (Å²) in [4.78, 5) is 27.2. The SMILES string of the molecule is O=C(OCCOc1ccnc2ccccc12)C1CCN(c2cnccn2)CC1. The lowest BCUT2D eigenvalue weighted by atomic mass is 9.97. The van der Waals surface area contributed by atoms with Gasteiger partial charge in [0.1, 0.15) is 24.8 Å². The minimum Gasteiger partial charge on any atom is -0.489 e. The number of carbonyl (C=O) groups excluding carboxylic acids is 1. The van der Waals surface area contributed by atoms with E-state index in [4.69, 9.17) is 9.47 Å². The smallest absolute Gasteiger partial charge is 0.309 e. The summed E-state index contributed by atoms with van der Waals surface area (Å²) in [7, 11) is 0. The third-order valence-corrected chi connectivity index (χ3v) is 4.90. The predicted molar refractivity (Wildman–Crippen MR) is 105 cm³/mol. The molecule has 1 aliphatic heterocycles. The van der Waals surface area contributed by atoms with Gasteiger partial charge in [-0.3, -0.25) is 14.8 Å². The van der Waals surface area contributed by atoms with Crippen LogP contribution in [0.1, 0.15) is 12.8 Å². The number of carbonyl (C=O) groups is 1. The van der Waals surface area contributed by atoms with Crippen LogP contribution in [0.3, 0.4) is 0 Å². The zero-order valence-corrected chi connectivity index (χ0v) is 15.5. The Kier molecular flexibility index (Phi) is 5.61. The first kappa shape index (κ1) is 18.2. The van der Waals surface area contributed by atoms with Crippen molar-refractivity contribution >= 4 is 22.7 Å². The van der Waals surface area contributed by atoms with Crippen LogP contribution in [0.5, 0.6) is 5.75 Å². The Balaban J connectivity index is 1.22. The number of benzene rings is 1. The highest BCUT2D eigenvalue weighted by atomic mass is 16.6. The van der Waals surface area contributed by atoms with Crippen LogP contribution >= 0.6 is 0 Å². The maximum atomic E-state index is 12.3. The van der Waals surface area contributed by atoms with Crippen molar-refractivity contribution in [3.05, 3.63) is 55.1 Å². The number of esters is 1. The van der Waals surface area contributed by atoms with E-state index in [2.05, 4.69) is 19.9 Å². The molecule has 1 fully saturated rings. The molecule has 1 aliphatic rings. The van der Waals surface area contributed by atoms with E-state index < -0.39 is 0 Å². The van der Waals surface area contributed by atoms with E-state index in [1.807, 2.05) is 30.3 Å². The Morgan fingerprint density at radius 3 is 2.71 bits per heavy atom. The van der Waals surface area contributed by atoms with Crippen LogP contribution in [0.15, 0.2) is 55.1 Å². The summed E-state index contributed by atoms with van der Waals surface area (Å²) in [5, 5.41) is 0.952. The van der Waals surface area contributed by atoms with Gasteiger partial charge in [0, 0.05) is 37.1 Å². The van der Waals surface area contributed by atoms with Crippen LogP contribution in [0.4, 0.5) is 5.82 Å². The Bertz CT molecular complexity index is 922. The average molecular weight is 378 g/mol. The van der Waals surface area contributed by atoms with Crippen LogP contribution in [0.2, 0.25) is 0 Å². The van der Waals surface area contributed by atoms with Gasteiger partial charge in [-0.05, 0) is 31.0 Å². The highest BCUT2D eigenvalue weighted by Gasteiger charge is 2.26. The van der Waals surface area contributed by atoms with Gasteiger partial charge < -0.3 is 14.4 Å². The summed E-state index contributed by atoms with van der Waals surface area (Å²) in [6, 6.07) is 9.62. The van der Waals surface area contributed by atoms with Crippen molar-refractivity contribution in [1.82, 2.24) is 15.0 Å². The van der Waals surface area contributed by atoms with Gasteiger partial charge in [-0.15, -0.1) is 0 Å². The van der Waals surface area contributed by atoms with Gasteiger partial charge in [0.05, 0.1) is 17.6 Å². The van der Waals surface area contributed by atoms with E-state index in [0.29, 0.717) is 6.61 Å². The lowest BCUT2D eigenvalue weighted by molar-refractivity contribution is -0.150. The summed E-state index contributed by atoms with van der Waals surface area (Å²) in [5.41, 5.74) is 0.881. The number of pyridine rings is 1. The van der Waals surface area contributed by atoms with Crippen LogP contribution in [-0.2, 0) is 9.53 Å². The van der Waals surface area contributed by atoms with E-state index in [-0.39, 0.29) is 18.5 Å². The normalized spacial score (nSPS) is 14.8. The first-order valence-corrected chi connectivity index (χ1v) is 9.45. The van der Waals surface area contributed by atoms with Gasteiger partial charge in [0.25, 0.3) is 0 Å². The molecule has 0 bridgehead atoms. The molecule has 0 N–H and O–H groups in total. The van der Waals surface area contributed by atoms with Crippen molar-refractivity contribution in [3.8, 4) is 5.75 Å². The number of hydrogen-bond donors (Lipinski definition) is 0. The summed E-state index contributed by atoms with van der Waals surface area (Å²) < 4.78 is 11.2. The Hall–Kier alpha value is -3.22. The number of nitrogens with zero attached hydrogens (tertiary/aromatic N) is 4. The van der Waals surface area contributed by atoms with Crippen LogP contribution < -0.4 is 9.64 Å². The molecule has 0 radical (unpaired) electrons. The van der Waals surface area contributed by atoms with Gasteiger partial charge in [-0.2, -0.15) is 0 Å². The van der Waals surface area contributed by atoms with E-state index in [1.54, 1.807) is 24.8 Å². The monoisotopic (exact) mass is 378 g/mol. The molecule has 2 aromatic heterocycles. The molecule has 7 heteroatoms. The van der Waals surface area contributed by atoms with Crippen molar-refractivity contribution in [2.45, 2.75) is 12.8 Å². The van der Waals surface area contributed by atoms with Crippen molar-refractivity contribution in [2.75, 3.05) is 31.2 Å². The third-order valence-electron chi connectivity index (χ3n) is 4.90. The van der Waals surface area contributed by atoms with Crippen molar-refractivity contribution in [3.63, 3.8) is 0 Å². The molecular weight excluding hydrogens is 356 g/mol. The molecule has 3 aromatic rings. The van der Waals surface area contributed by atoms with Gasteiger partial charge in [-0.1, -0.05) is 12.1 Å². The van der Waals surface area contributed by atoms with E-state index >= 15 is 0 Å². The lowest BCUT2D eigenvalue weighted by Gasteiger charge is -2.31. The van der Waals surface area contributed by atoms with Crippen molar-refractivity contribution < 1.29 is 14.3 Å². The first-order valence-electron chi connectivity index (χ1n) is 9.45. The van der Waals surface area contributed by atoms with Crippen LogP contribution in [0, 0.1) is 5.92 Å². The standard InChI is InChI=1S/C21H22N4O3/c26-21(16-6-11-25(12-7-16)20-15-22-9-10-24-20)28-14-13-27-19-5-8-23-18-4-2-1-3-17(18)19/h1-5,8-10,15-16H,6-7,11-14H2. The molecule has 28 heavy (non-hydrogen) atoms. The molecule has 0 saturated carbocycles. The molecule has 0 unspecified atom stereocenters. The second-order valence-electron chi connectivity index (χ2n) is 6.67. The number of aromatic nitrogens is 3. The average Bonchev–Trinajstić information content (AvgIpc) is 2.77. The molecular formula is C21H22N4O3. The fourth-order valence-electron chi connectivity index (χ4n) is 3.41. The predicted octanol–water partition coefficient (Wildman–Crippen LogP) is 2.86. The zero-order valence-electron chi connectivity index (χ0n) is 15.5. The van der Waals surface area contributed by atoms with Gasteiger partial charge in [0.2, 0.25) is 0 Å². The van der Waals surface area contributed by atoms with E-state index in [0.717, 1.165) is 48.4 Å². The number of rotatable bonds is 6. The second kappa shape index (κ2) is 8.65. The Morgan fingerprint density at radius 1 is 1.04 bits per heavy atom. The topological polar surface area (TPSA) is 77.4 Å². The molecule has 0 aliphatic carbocycles. The Labute approximate surface area is 163 Å². The summed E-state index contributed by atoms with van der Waals surface area (Å²) >= 11 is 0. The molecule has 0 amide bonds. The van der Waals surface area contributed by atoms with Crippen LogP contribution in [-0.4, -0.2) is 47.2 Å². The van der Waals surface area contributed by atoms with Gasteiger partial charge in [-0.25, -0.2) is 4.98 Å². The Morgan fingerprint density at radius 2 is 1.89 bits per heavy atom. The number of fused-ring (bicyclic) bond motifs is 1. The molecule has 3 heterocycles. The maximum Gasteiger partial charge on any atom is 0.309 e. The second-order valence-corrected chi connectivity index (χ2v) is 6.67. The number of hydrogen-bond acceptors (Lipinski definition) is 7. The minimum absolute atomic E-state index is 0.0744. The number of piperidine rings is 1. The molecule has 1 aromatic carbocycles. The number of ether oxygens (including phenoxy) is 2. The summed E-state index contributed by atoms with van der Waals surface area (Å²) in [6.07, 6.45) is 8.32. The van der Waals surface area contributed by atoms with Crippen molar-refractivity contribution in [1.29, 1.82) is 0 Å². The fourth-order valence-corrected chi connectivity index (χ4v) is 3.41. The van der Waals surface area contributed by atoms with E-state index in [9.17, 15) is 4.79 Å². The largest absolute Gasteiger partial charge is 0.489 e. The third kappa shape index (κ3) is 4.19. The number of anilines is 1. The zero-order chi connectivity index (χ0) is 19.2. The highest BCUT2D eigenvalue weighted by molar-refractivity contribution is 5.84. The number of para-hydroxylation sites is 1. The lowest BCUT2D eigenvalue weighted by Crippen LogP contribution is -2.37. The summed E-state index contributed by atoms with van der Waals surface area (Å²) in [6.45, 7) is 2.11. The van der Waals surface area contributed by atoms with Gasteiger partial charge in [0.15, 0.2) is 0 Å². The molecule has 7 nitrogen and oxygen atoms in total. The summed E-state index contributed by atoms with van der Waals surface area (Å²) in [5.74, 6) is 1.38. The molecule has 0 spiro atoms.